The molecule has 0 aliphatic carbocycles. The fourth-order valence-corrected chi connectivity index (χ4v) is 2.82. The maximum absolute atomic E-state index is 12.7. The van der Waals surface area contributed by atoms with E-state index in [9.17, 15) is 4.79 Å². The third-order valence-electron chi connectivity index (χ3n) is 4.80. The molecule has 0 saturated carbocycles. The molecule has 1 aromatic rings. The zero-order valence-electron chi connectivity index (χ0n) is 14.1. The number of carbonyl (C=O) groups excluding carboxylic acids is 1. The van der Waals surface area contributed by atoms with Crippen LogP contribution in [-0.4, -0.2) is 25.0 Å². The number of aryl methyl sites for hydroxylation is 1. The molecule has 2 unspecified atom stereocenters. The number of hydrogen-bond acceptors (Lipinski definition) is 2. The SMILES string of the molecule is CCc1ccc(C(C)(C)C(=O)NC2CNCCC2C)cc1.Cl. The summed E-state index contributed by atoms with van der Waals surface area (Å²) in [7, 11) is 0. The predicted molar refractivity (Wildman–Crippen MR) is 94.7 cm³/mol. The number of piperidine rings is 1. The molecule has 1 amide bonds. The van der Waals surface area contributed by atoms with Gasteiger partial charge in [0.15, 0.2) is 0 Å². The lowest BCUT2D eigenvalue weighted by Gasteiger charge is -2.33. The highest BCUT2D eigenvalue weighted by Gasteiger charge is 2.33. The molecule has 0 bridgehead atoms. The Morgan fingerprint density at radius 1 is 1.32 bits per heavy atom. The third-order valence-corrected chi connectivity index (χ3v) is 4.80. The van der Waals surface area contributed by atoms with E-state index in [4.69, 9.17) is 0 Å². The predicted octanol–water partition coefficient (Wildman–Crippen LogP) is 3.06. The number of benzene rings is 1. The van der Waals surface area contributed by atoms with Crippen molar-refractivity contribution in [2.75, 3.05) is 13.1 Å². The van der Waals surface area contributed by atoms with Gasteiger partial charge in [0.2, 0.25) is 5.91 Å². The lowest BCUT2D eigenvalue weighted by molar-refractivity contribution is -0.126. The minimum absolute atomic E-state index is 0. The van der Waals surface area contributed by atoms with Crippen molar-refractivity contribution in [1.82, 2.24) is 10.6 Å². The summed E-state index contributed by atoms with van der Waals surface area (Å²) in [6.45, 7) is 10.3. The van der Waals surface area contributed by atoms with E-state index in [0.717, 1.165) is 31.5 Å². The minimum atomic E-state index is -0.497. The first-order valence-corrected chi connectivity index (χ1v) is 8.06. The number of hydrogen-bond donors (Lipinski definition) is 2. The zero-order chi connectivity index (χ0) is 15.5. The van der Waals surface area contributed by atoms with Crippen molar-refractivity contribution in [1.29, 1.82) is 0 Å². The maximum atomic E-state index is 12.7. The standard InChI is InChI=1S/C18H28N2O.ClH/c1-5-14-6-8-15(9-7-14)18(3,4)17(21)20-16-12-19-11-10-13(16)2;/h6-9,13,16,19H,5,10-12H2,1-4H3,(H,20,21);1H. The van der Waals surface area contributed by atoms with E-state index in [1.165, 1.54) is 5.56 Å². The molecule has 0 radical (unpaired) electrons. The van der Waals surface area contributed by atoms with Gasteiger partial charge in [-0.25, -0.2) is 0 Å². The summed E-state index contributed by atoms with van der Waals surface area (Å²) in [6, 6.07) is 8.65. The van der Waals surface area contributed by atoms with Crippen LogP contribution in [0, 0.1) is 5.92 Å². The molecule has 1 aromatic carbocycles. The van der Waals surface area contributed by atoms with Crippen molar-refractivity contribution in [3.8, 4) is 0 Å². The van der Waals surface area contributed by atoms with Gasteiger partial charge in [-0.05, 0) is 50.3 Å². The Kier molecular flexibility index (Phi) is 6.89. The van der Waals surface area contributed by atoms with Gasteiger partial charge >= 0.3 is 0 Å². The van der Waals surface area contributed by atoms with Crippen molar-refractivity contribution in [3.05, 3.63) is 35.4 Å². The Morgan fingerprint density at radius 3 is 2.50 bits per heavy atom. The van der Waals surface area contributed by atoms with E-state index in [-0.39, 0.29) is 24.4 Å². The largest absolute Gasteiger partial charge is 0.351 e. The topological polar surface area (TPSA) is 41.1 Å². The lowest BCUT2D eigenvalue weighted by atomic mass is 9.82. The van der Waals surface area contributed by atoms with Gasteiger partial charge in [0.1, 0.15) is 0 Å². The van der Waals surface area contributed by atoms with Crippen LogP contribution in [0.15, 0.2) is 24.3 Å². The molecule has 2 rings (SSSR count). The Hall–Kier alpha value is -1.06. The molecular formula is C18H29ClN2O. The van der Waals surface area contributed by atoms with Crippen molar-refractivity contribution in [2.24, 2.45) is 5.92 Å². The van der Waals surface area contributed by atoms with Gasteiger partial charge in [-0.3, -0.25) is 4.79 Å². The van der Waals surface area contributed by atoms with Gasteiger partial charge in [-0.1, -0.05) is 38.1 Å². The molecule has 1 saturated heterocycles. The first kappa shape index (κ1) is 19.0. The first-order chi connectivity index (χ1) is 9.95. The monoisotopic (exact) mass is 324 g/mol. The number of halogens is 1. The third kappa shape index (κ3) is 4.23. The average molecular weight is 325 g/mol. The van der Waals surface area contributed by atoms with Crippen LogP contribution in [0.1, 0.15) is 45.2 Å². The van der Waals surface area contributed by atoms with Crippen LogP contribution in [0.4, 0.5) is 0 Å². The van der Waals surface area contributed by atoms with Crippen molar-refractivity contribution in [2.45, 2.75) is 52.0 Å². The van der Waals surface area contributed by atoms with Crippen molar-refractivity contribution >= 4 is 18.3 Å². The zero-order valence-corrected chi connectivity index (χ0v) is 14.9. The van der Waals surface area contributed by atoms with Crippen LogP contribution < -0.4 is 10.6 Å². The van der Waals surface area contributed by atoms with Gasteiger partial charge < -0.3 is 10.6 Å². The number of nitrogens with one attached hydrogen (secondary N) is 2. The van der Waals surface area contributed by atoms with Gasteiger partial charge in [-0.2, -0.15) is 0 Å². The van der Waals surface area contributed by atoms with E-state index in [0.29, 0.717) is 5.92 Å². The molecule has 22 heavy (non-hydrogen) atoms. The number of rotatable bonds is 4. The van der Waals surface area contributed by atoms with Gasteiger partial charge in [0.25, 0.3) is 0 Å². The Bertz CT molecular complexity index is 484. The molecule has 2 N–H and O–H groups in total. The summed E-state index contributed by atoms with van der Waals surface area (Å²) in [5.41, 5.74) is 1.89. The Labute approximate surface area is 140 Å². The second-order valence-corrected chi connectivity index (χ2v) is 6.73. The summed E-state index contributed by atoms with van der Waals surface area (Å²) in [5, 5.41) is 6.60. The van der Waals surface area contributed by atoms with Crippen LogP contribution in [-0.2, 0) is 16.6 Å². The lowest BCUT2D eigenvalue weighted by Crippen LogP contribution is -2.54. The van der Waals surface area contributed by atoms with Gasteiger partial charge in [-0.15, -0.1) is 12.4 Å². The molecule has 4 heteroatoms. The summed E-state index contributed by atoms with van der Waals surface area (Å²) >= 11 is 0. The maximum Gasteiger partial charge on any atom is 0.230 e. The second kappa shape index (κ2) is 7.98. The molecule has 0 spiro atoms. The van der Waals surface area contributed by atoms with Crippen LogP contribution in [0.3, 0.4) is 0 Å². The Morgan fingerprint density at radius 2 is 1.95 bits per heavy atom. The van der Waals surface area contributed by atoms with Crippen LogP contribution in [0.5, 0.6) is 0 Å². The number of carbonyl (C=O) groups is 1. The molecule has 1 aliphatic heterocycles. The van der Waals surface area contributed by atoms with Crippen LogP contribution in [0.2, 0.25) is 0 Å². The smallest absolute Gasteiger partial charge is 0.230 e. The van der Waals surface area contributed by atoms with E-state index in [1.807, 2.05) is 13.8 Å². The highest BCUT2D eigenvalue weighted by atomic mass is 35.5. The highest BCUT2D eigenvalue weighted by Crippen LogP contribution is 2.25. The van der Waals surface area contributed by atoms with E-state index in [1.54, 1.807) is 0 Å². The molecule has 2 atom stereocenters. The van der Waals surface area contributed by atoms with E-state index >= 15 is 0 Å². The normalized spacial score (nSPS) is 21.8. The molecule has 3 nitrogen and oxygen atoms in total. The average Bonchev–Trinajstić information content (AvgIpc) is 2.49. The minimum Gasteiger partial charge on any atom is -0.351 e. The van der Waals surface area contributed by atoms with Gasteiger partial charge in [0.05, 0.1) is 5.41 Å². The molecule has 1 heterocycles. The summed E-state index contributed by atoms with van der Waals surface area (Å²) in [4.78, 5) is 12.7. The molecular weight excluding hydrogens is 296 g/mol. The van der Waals surface area contributed by atoms with E-state index in [2.05, 4.69) is 48.7 Å². The molecule has 0 aromatic heterocycles. The molecule has 124 valence electrons. The van der Waals surface area contributed by atoms with Crippen molar-refractivity contribution in [3.63, 3.8) is 0 Å². The fourth-order valence-electron chi connectivity index (χ4n) is 2.82. The second-order valence-electron chi connectivity index (χ2n) is 6.73. The van der Waals surface area contributed by atoms with Crippen LogP contribution >= 0.6 is 12.4 Å². The van der Waals surface area contributed by atoms with E-state index < -0.39 is 5.41 Å². The summed E-state index contributed by atoms with van der Waals surface area (Å²) < 4.78 is 0. The summed E-state index contributed by atoms with van der Waals surface area (Å²) in [5.74, 6) is 0.653. The quantitative estimate of drug-likeness (QED) is 0.893. The molecule has 1 fully saturated rings. The first-order valence-electron chi connectivity index (χ1n) is 8.06. The van der Waals surface area contributed by atoms with Crippen LogP contribution in [0.25, 0.3) is 0 Å². The fraction of sp³-hybridized carbons (Fsp3) is 0.611. The molecule has 1 aliphatic rings. The van der Waals surface area contributed by atoms with Gasteiger partial charge in [0, 0.05) is 12.6 Å². The number of amides is 1. The Balaban J connectivity index is 0.00000242. The summed E-state index contributed by atoms with van der Waals surface area (Å²) in [6.07, 6.45) is 2.15. The van der Waals surface area contributed by atoms with Crippen molar-refractivity contribution < 1.29 is 4.79 Å². The highest BCUT2D eigenvalue weighted by molar-refractivity contribution is 5.87.